The molecule has 2 N–H and O–H groups in total. The molecule has 0 saturated heterocycles. The summed E-state index contributed by atoms with van der Waals surface area (Å²) in [6, 6.07) is 5.66. The van der Waals surface area contributed by atoms with Crippen LogP contribution in [0.4, 0.5) is 0 Å². The minimum atomic E-state index is -4.08. The summed E-state index contributed by atoms with van der Waals surface area (Å²) >= 11 is 11.6. The molecular formula is C14H12Cl2N2O4S. The maximum Gasteiger partial charge on any atom is 0.322 e. The van der Waals surface area contributed by atoms with Gasteiger partial charge < -0.3 is 5.11 Å². The summed E-state index contributed by atoms with van der Waals surface area (Å²) in [5, 5.41) is 9.53. The molecule has 0 fully saturated rings. The Labute approximate surface area is 143 Å². The minimum Gasteiger partial charge on any atom is -0.480 e. The lowest BCUT2D eigenvalue weighted by molar-refractivity contribution is -0.138. The number of nitrogens with zero attached hydrogens (tertiary/aromatic N) is 1. The van der Waals surface area contributed by atoms with E-state index in [1.54, 1.807) is 12.1 Å². The van der Waals surface area contributed by atoms with Crippen LogP contribution in [0.25, 0.3) is 0 Å². The molecule has 0 spiro atoms. The Bertz CT molecular complexity index is 793. The third kappa shape index (κ3) is 4.90. The van der Waals surface area contributed by atoms with Gasteiger partial charge in [0.1, 0.15) is 6.04 Å². The first-order valence-corrected chi connectivity index (χ1v) is 8.62. The number of aliphatic carboxylic acids is 1. The Morgan fingerprint density at radius 2 is 1.74 bits per heavy atom. The Morgan fingerprint density at radius 1 is 1.17 bits per heavy atom. The maximum atomic E-state index is 12.3. The van der Waals surface area contributed by atoms with Crippen molar-refractivity contribution >= 4 is 39.2 Å². The van der Waals surface area contributed by atoms with Crippen LogP contribution in [0.2, 0.25) is 10.0 Å². The standard InChI is InChI=1S/C14H12Cl2N2O4S/c15-10-6-11(16)8-12(7-10)23(21,22)18-13(14(19)20)5-9-1-3-17-4-2-9/h1-4,6-8,13,18H,5H2,(H,19,20)/t13-/m0/s1. The van der Waals surface area contributed by atoms with Crippen LogP contribution in [0.15, 0.2) is 47.6 Å². The lowest BCUT2D eigenvalue weighted by Gasteiger charge is -2.15. The summed E-state index contributed by atoms with van der Waals surface area (Å²) in [7, 11) is -4.08. The van der Waals surface area contributed by atoms with Crippen molar-refractivity contribution in [1.82, 2.24) is 9.71 Å². The van der Waals surface area contributed by atoms with E-state index in [0.29, 0.717) is 5.56 Å². The van der Waals surface area contributed by atoms with Crippen molar-refractivity contribution in [2.45, 2.75) is 17.4 Å². The topological polar surface area (TPSA) is 96.4 Å². The van der Waals surface area contributed by atoms with Crippen LogP contribution in [-0.4, -0.2) is 30.5 Å². The van der Waals surface area contributed by atoms with E-state index in [4.69, 9.17) is 23.2 Å². The van der Waals surface area contributed by atoms with Gasteiger partial charge in [-0.05, 0) is 42.3 Å². The van der Waals surface area contributed by atoms with Gasteiger partial charge in [-0.15, -0.1) is 0 Å². The third-order valence-corrected chi connectivity index (χ3v) is 4.82. The molecule has 1 aromatic carbocycles. The molecule has 6 nitrogen and oxygen atoms in total. The molecule has 0 aliphatic rings. The average molecular weight is 375 g/mol. The fraction of sp³-hybridized carbons (Fsp3) is 0.143. The van der Waals surface area contributed by atoms with Crippen LogP contribution >= 0.6 is 23.2 Å². The van der Waals surface area contributed by atoms with Gasteiger partial charge in [0.2, 0.25) is 10.0 Å². The number of nitrogens with one attached hydrogen (secondary N) is 1. The molecule has 0 radical (unpaired) electrons. The zero-order chi connectivity index (χ0) is 17.0. The van der Waals surface area contributed by atoms with Crippen molar-refractivity contribution < 1.29 is 18.3 Å². The molecule has 2 aromatic rings. The number of benzene rings is 1. The van der Waals surface area contributed by atoms with Crippen molar-refractivity contribution in [2.24, 2.45) is 0 Å². The minimum absolute atomic E-state index is 0.0224. The lowest BCUT2D eigenvalue weighted by Crippen LogP contribution is -2.42. The van der Waals surface area contributed by atoms with Crippen LogP contribution in [0, 0.1) is 0 Å². The Balaban J connectivity index is 2.26. The quantitative estimate of drug-likeness (QED) is 0.808. The van der Waals surface area contributed by atoms with E-state index in [1.165, 1.54) is 30.6 Å². The number of hydrogen-bond donors (Lipinski definition) is 2. The summed E-state index contributed by atoms with van der Waals surface area (Å²) < 4.78 is 26.8. The van der Waals surface area contributed by atoms with Crippen LogP contribution in [0.5, 0.6) is 0 Å². The molecule has 1 atom stereocenters. The number of halogens is 2. The van der Waals surface area contributed by atoms with Crippen molar-refractivity contribution in [2.75, 3.05) is 0 Å². The molecule has 1 aromatic heterocycles. The number of sulfonamides is 1. The van der Waals surface area contributed by atoms with Gasteiger partial charge in [-0.25, -0.2) is 8.42 Å². The summed E-state index contributed by atoms with van der Waals surface area (Å²) in [4.78, 5) is 15.0. The van der Waals surface area contributed by atoms with Crippen molar-refractivity contribution in [3.63, 3.8) is 0 Å². The van der Waals surface area contributed by atoms with Gasteiger partial charge in [0.15, 0.2) is 0 Å². The van der Waals surface area contributed by atoms with Gasteiger partial charge in [0.25, 0.3) is 0 Å². The summed E-state index contributed by atoms with van der Waals surface area (Å²) in [6.45, 7) is 0. The first-order valence-electron chi connectivity index (χ1n) is 6.38. The van der Waals surface area contributed by atoms with Crippen molar-refractivity contribution in [1.29, 1.82) is 0 Å². The van der Waals surface area contributed by atoms with Crippen molar-refractivity contribution in [3.05, 3.63) is 58.3 Å². The summed E-state index contributed by atoms with van der Waals surface area (Å²) in [6.07, 6.45) is 2.98. The molecular weight excluding hydrogens is 363 g/mol. The number of carbonyl (C=O) groups is 1. The molecule has 0 bridgehead atoms. The van der Waals surface area contributed by atoms with Gasteiger partial charge >= 0.3 is 5.97 Å². The zero-order valence-electron chi connectivity index (χ0n) is 11.6. The molecule has 0 saturated carbocycles. The number of carboxylic acids is 1. The van der Waals surface area contributed by atoms with Gasteiger partial charge in [-0.3, -0.25) is 9.78 Å². The highest BCUT2D eigenvalue weighted by atomic mass is 35.5. The van der Waals surface area contributed by atoms with E-state index in [2.05, 4.69) is 9.71 Å². The molecule has 2 rings (SSSR count). The van der Waals surface area contributed by atoms with Gasteiger partial charge in [0.05, 0.1) is 4.90 Å². The first kappa shape index (κ1) is 17.7. The van der Waals surface area contributed by atoms with Crippen LogP contribution in [0.1, 0.15) is 5.56 Å². The molecule has 0 aliphatic heterocycles. The normalized spacial score (nSPS) is 12.8. The zero-order valence-corrected chi connectivity index (χ0v) is 13.9. The number of hydrogen-bond acceptors (Lipinski definition) is 4. The van der Waals surface area contributed by atoms with E-state index >= 15 is 0 Å². The largest absolute Gasteiger partial charge is 0.480 e. The summed E-state index contributed by atoms with van der Waals surface area (Å²) in [5.41, 5.74) is 0.638. The van der Waals surface area contributed by atoms with E-state index < -0.39 is 22.0 Å². The number of carboxylic acid groups (broad SMARTS) is 1. The smallest absolute Gasteiger partial charge is 0.322 e. The number of pyridine rings is 1. The maximum absolute atomic E-state index is 12.3. The Hall–Kier alpha value is -1.67. The average Bonchev–Trinajstić information content (AvgIpc) is 2.46. The molecule has 1 heterocycles. The lowest BCUT2D eigenvalue weighted by atomic mass is 10.1. The molecule has 23 heavy (non-hydrogen) atoms. The van der Waals surface area contributed by atoms with Gasteiger partial charge in [0, 0.05) is 22.4 Å². The molecule has 122 valence electrons. The highest BCUT2D eigenvalue weighted by Gasteiger charge is 2.26. The van der Waals surface area contributed by atoms with E-state index in [0.717, 1.165) is 0 Å². The highest BCUT2D eigenvalue weighted by molar-refractivity contribution is 7.89. The van der Waals surface area contributed by atoms with Crippen LogP contribution in [0.3, 0.4) is 0 Å². The molecule has 0 unspecified atom stereocenters. The second-order valence-corrected chi connectivity index (χ2v) is 7.26. The second-order valence-electron chi connectivity index (χ2n) is 4.68. The number of rotatable bonds is 6. The predicted octanol–water partition coefficient (Wildman–Crippen LogP) is 2.36. The SMILES string of the molecule is O=C(O)[C@H](Cc1ccncc1)NS(=O)(=O)c1cc(Cl)cc(Cl)c1. The third-order valence-electron chi connectivity index (χ3n) is 2.93. The molecule has 0 aliphatic carbocycles. The Kier molecular flexibility index (Phi) is 5.59. The Morgan fingerprint density at radius 3 is 2.26 bits per heavy atom. The van der Waals surface area contributed by atoms with Gasteiger partial charge in [-0.2, -0.15) is 4.72 Å². The highest BCUT2D eigenvalue weighted by Crippen LogP contribution is 2.22. The van der Waals surface area contributed by atoms with Crippen LogP contribution < -0.4 is 4.72 Å². The van der Waals surface area contributed by atoms with Gasteiger partial charge in [-0.1, -0.05) is 23.2 Å². The molecule has 0 amide bonds. The monoisotopic (exact) mass is 374 g/mol. The van der Waals surface area contributed by atoms with E-state index in [1.807, 2.05) is 0 Å². The second kappa shape index (κ2) is 7.27. The van der Waals surface area contributed by atoms with Crippen LogP contribution in [-0.2, 0) is 21.2 Å². The summed E-state index contributed by atoms with van der Waals surface area (Å²) in [5.74, 6) is -1.29. The number of aromatic nitrogens is 1. The van der Waals surface area contributed by atoms with E-state index in [-0.39, 0.29) is 21.4 Å². The fourth-order valence-corrected chi connectivity index (χ4v) is 3.79. The van der Waals surface area contributed by atoms with E-state index in [9.17, 15) is 18.3 Å². The molecule has 9 heteroatoms. The van der Waals surface area contributed by atoms with Crippen molar-refractivity contribution in [3.8, 4) is 0 Å². The predicted molar refractivity (Wildman–Crippen MR) is 86.1 cm³/mol. The first-order chi connectivity index (χ1) is 10.8. The fourth-order valence-electron chi connectivity index (χ4n) is 1.87.